The molecule has 0 radical (unpaired) electrons. The summed E-state index contributed by atoms with van der Waals surface area (Å²) >= 11 is 0. The molecule has 0 aliphatic carbocycles. The Labute approximate surface area is 78.3 Å². The van der Waals surface area contributed by atoms with Gasteiger partial charge in [0.15, 0.2) is 0 Å². The van der Waals surface area contributed by atoms with Crippen molar-refractivity contribution in [3.8, 4) is 0 Å². The van der Waals surface area contributed by atoms with Gasteiger partial charge in [0, 0.05) is 6.54 Å². The molecular weight excluding hydrogens is 192 g/mol. The first-order chi connectivity index (χ1) is 6.04. The van der Waals surface area contributed by atoms with E-state index in [-0.39, 0.29) is 6.04 Å². The lowest BCUT2D eigenvalue weighted by atomic mass is 10.1. The monoisotopic (exact) mass is 206 g/mol. The van der Waals surface area contributed by atoms with Crippen molar-refractivity contribution < 1.29 is 12.7 Å². The second-order valence-electron chi connectivity index (χ2n) is 3.71. The van der Waals surface area contributed by atoms with Crippen LogP contribution >= 0.6 is 0 Å². The molecule has 2 aliphatic heterocycles. The van der Waals surface area contributed by atoms with Crippen LogP contribution in [0.15, 0.2) is 0 Å². The lowest BCUT2D eigenvalue weighted by Crippen LogP contribution is -2.33. The summed E-state index contributed by atoms with van der Waals surface area (Å²) in [7, 11) is -3.35. The first-order valence-electron chi connectivity index (χ1n) is 4.43. The van der Waals surface area contributed by atoms with Gasteiger partial charge in [-0.2, -0.15) is 17.8 Å². The van der Waals surface area contributed by atoms with E-state index in [1.165, 1.54) is 0 Å². The summed E-state index contributed by atoms with van der Waals surface area (Å²) in [6.45, 7) is 2.62. The molecule has 0 N–H and O–H groups in total. The maximum absolute atomic E-state index is 10.9. The molecule has 2 fully saturated rings. The highest BCUT2D eigenvalue weighted by molar-refractivity contribution is 7.85. The molecule has 5 nitrogen and oxygen atoms in total. The van der Waals surface area contributed by atoms with E-state index in [0.29, 0.717) is 6.67 Å². The summed E-state index contributed by atoms with van der Waals surface area (Å²) in [5, 5.41) is 1.59. The van der Waals surface area contributed by atoms with Gasteiger partial charge in [-0.15, -0.1) is 0 Å². The van der Waals surface area contributed by atoms with Crippen LogP contribution in [0.3, 0.4) is 0 Å². The zero-order chi connectivity index (χ0) is 9.47. The average Bonchev–Trinajstić information content (AvgIpc) is 2.24. The fraction of sp³-hybridized carbons (Fsp3) is 1.00. The molecule has 76 valence electrons. The van der Waals surface area contributed by atoms with Crippen LogP contribution in [0.1, 0.15) is 12.8 Å². The Kier molecular flexibility index (Phi) is 2.31. The first-order valence-corrected chi connectivity index (χ1v) is 6.25. The summed E-state index contributed by atoms with van der Waals surface area (Å²) in [6, 6.07) is 0.267. The van der Waals surface area contributed by atoms with Crippen LogP contribution in [0.2, 0.25) is 0 Å². The average molecular weight is 206 g/mol. The maximum Gasteiger partial charge on any atom is 0.280 e. The van der Waals surface area contributed by atoms with E-state index in [2.05, 4.69) is 4.90 Å². The number of fused-ring (bicyclic) bond motifs is 2. The van der Waals surface area contributed by atoms with E-state index in [9.17, 15) is 8.42 Å². The molecule has 0 saturated carbocycles. The number of hydrogen-bond donors (Lipinski definition) is 0. The van der Waals surface area contributed by atoms with Crippen LogP contribution in [0.4, 0.5) is 0 Å². The standard InChI is InChI=1S/C7H14N2O3S/c1-13(10,11)12-9-6-8-4-2-3-7(9)5-8/h7H,2-6H2,1H3. The molecule has 0 aromatic carbocycles. The molecule has 2 rings (SSSR count). The molecule has 2 bridgehead atoms. The Morgan fingerprint density at radius 3 is 2.85 bits per heavy atom. The normalized spacial score (nSPS) is 35.2. The molecule has 2 atom stereocenters. The van der Waals surface area contributed by atoms with Gasteiger partial charge in [0.1, 0.15) is 0 Å². The summed E-state index contributed by atoms with van der Waals surface area (Å²) in [6.07, 6.45) is 3.25. The Morgan fingerprint density at radius 2 is 2.23 bits per heavy atom. The SMILES string of the molecule is CS(=O)(=O)ON1CN2CCCC1C2. The van der Waals surface area contributed by atoms with Crippen molar-refractivity contribution in [3.63, 3.8) is 0 Å². The van der Waals surface area contributed by atoms with Gasteiger partial charge in [0.25, 0.3) is 10.1 Å². The summed E-state index contributed by atoms with van der Waals surface area (Å²) in [4.78, 5) is 2.21. The molecule has 2 unspecified atom stereocenters. The van der Waals surface area contributed by atoms with E-state index >= 15 is 0 Å². The summed E-state index contributed by atoms with van der Waals surface area (Å²) in [5.74, 6) is 0. The van der Waals surface area contributed by atoms with Gasteiger partial charge in [-0.3, -0.25) is 4.90 Å². The molecule has 0 aromatic rings. The van der Waals surface area contributed by atoms with E-state index in [1.54, 1.807) is 5.06 Å². The van der Waals surface area contributed by atoms with E-state index < -0.39 is 10.1 Å². The van der Waals surface area contributed by atoms with Gasteiger partial charge < -0.3 is 0 Å². The van der Waals surface area contributed by atoms with E-state index in [4.69, 9.17) is 4.28 Å². The highest BCUT2D eigenvalue weighted by Gasteiger charge is 2.35. The lowest BCUT2D eigenvalue weighted by molar-refractivity contribution is -0.0665. The van der Waals surface area contributed by atoms with Crippen molar-refractivity contribution in [2.45, 2.75) is 18.9 Å². The van der Waals surface area contributed by atoms with E-state index in [0.717, 1.165) is 32.2 Å². The minimum absolute atomic E-state index is 0.267. The Bertz CT molecular complexity index is 290. The molecule has 6 heteroatoms. The molecule has 2 aliphatic rings. The molecule has 0 aromatic heterocycles. The number of hydroxylamine groups is 2. The first kappa shape index (κ1) is 9.39. The number of nitrogens with zero attached hydrogens (tertiary/aromatic N) is 2. The topological polar surface area (TPSA) is 49.9 Å². The van der Waals surface area contributed by atoms with Crippen molar-refractivity contribution in [3.05, 3.63) is 0 Å². The van der Waals surface area contributed by atoms with Gasteiger partial charge in [0.2, 0.25) is 0 Å². The zero-order valence-corrected chi connectivity index (χ0v) is 8.46. The quantitative estimate of drug-likeness (QED) is 0.616. The maximum atomic E-state index is 10.9. The van der Waals surface area contributed by atoms with Gasteiger partial charge in [-0.1, -0.05) is 0 Å². The summed E-state index contributed by atoms with van der Waals surface area (Å²) in [5.41, 5.74) is 0. The molecule has 13 heavy (non-hydrogen) atoms. The van der Waals surface area contributed by atoms with Crippen molar-refractivity contribution in [2.24, 2.45) is 0 Å². The second-order valence-corrected chi connectivity index (χ2v) is 5.27. The number of hydrogen-bond acceptors (Lipinski definition) is 5. The van der Waals surface area contributed by atoms with Crippen molar-refractivity contribution >= 4 is 10.1 Å². The van der Waals surface area contributed by atoms with Crippen molar-refractivity contribution in [2.75, 3.05) is 26.0 Å². The van der Waals surface area contributed by atoms with Crippen molar-refractivity contribution in [1.82, 2.24) is 9.96 Å². The third kappa shape index (κ3) is 2.19. The van der Waals surface area contributed by atoms with Gasteiger partial charge >= 0.3 is 0 Å². The van der Waals surface area contributed by atoms with Crippen LogP contribution in [0.5, 0.6) is 0 Å². The molecule has 0 amide bonds. The van der Waals surface area contributed by atoms with Crippen LogP contribution < -0.4 is 0 Å². The molecule has 0 spiro atoms. The number of piperidine rings is 1. The third-order valence-electron chi connectivity index (χ3n) is 2.46. The summed E-state index contributed by atoms with van der Waals surface area (Å²) < 4.78 is 26.7. The lowest BCUT2D eigenvalue weighted by Gasteiger charge is -2.21. The minimum atomic E-state index is -3.35. The van der Waals surface area contributed by atoms with Gasteiger partial charge in [-0.05, 0) is 19.4 Å². The van der Waals surface area contributed by atoms with E-state index in [1.807, 2.05) is 0 Å². The van der Waals surface area contributed by atoms with Crippen LogP contribution in [0, 0.1) is 0 Å². The van der Waals surface area contributed by atoms with Crippen LogP contribution in [-0.4, -0.2) is 50.4 Å². The Morgan fingerprint density at radius 1 is 1.46 bits per heavy atom. The largest absolute Gasteiger partial charge is 0.287 e. The fourth-order valence-corrected chi connectivity index (χ4v) is 2.48. The smallest absolute Gasteiger partial charge is 0.280 e. The van der Waals surface area contributed by atoms with Gasteiger partial charge in [-0.25, -0.2) is 0 Å². The molecule has 2 saturated heterocycles. The second kappa shape index (κ2) is 3.20. The van der Waals surface area contributed by atoms with Crippen LogP contribution in [-0.2, 0) is 14.4 Å². The predicted octanol–water partition coefficient (Wildman–Crippen LogP) is -0.385. The minimum Gasteiger partial charge on any atom is -0.287 e. The number of rotatable bonds is 2. The molecular formula is C7H14N2O3S. The van der Waals surface area contributed by atoms with Gasteiger partial charge in [0.05, 0.1) is 19.0 Å². The van der Waals surface area contributed by atoms with Crippen molar-refractivity contribution in [1.29, 1.82) is 0 Å². The third-order valence-corrected chi connectivity index (χ3v) is 2.92. The molecule has 2 heterocycles. The Balaban J connectivity index is 2.02. The Hall–Kier alpha value is -0.170. The highest BCUT2D eigenvalue weighted by atomic mass is 32.2. The predicted molar refractivity (Wildman–Crippen MR) is 47.2 cm³/mol. The fourth-order valence-electron chi connectivity index (χ4n) is 1.97. The highest BCUT2D eigenvalue weighted by Crippen LogP contribution is 2.23. The zero-order valence-electron chi connectivity index (χ0n) is 7.64. The van der Waals surface area contributed by atoms with Crippen LogP contribution in [0.25, 0.3) is 0 Å².